The monoisotopic (exact) mass is 468 g/mol. The van der Waals surface area contributed by atoms with E-state index in [-0.39, 0.29) is 25.2 Å². The minimum Gasteiger partial charge on any atom is -0.493 e. The molecular formula is C26H32N2O6. The highest BCUT2D eigenvalue weighted by atomic mass is 16.5. The lowest BCUT2D eigenvalue weighted by Crippen LogP contribution is -2.48. The summed E-state index contributed by atoms with van der Waals surface area (Å²) < 4.78 is 22.3. The van der Waals surface area contributed by atoms with Gasteiger partial charge in [0.15, 0.2) is 11.5 Å². The van der Waals surface area contributed by atoms with E-state index in [4.69, 9.17) is 18.9 Å². The first kappa shape index (κ1) is 25.0. The van der Waals surface area contributed by atoms with Crippen molar-refractivity contribution in [2.75, 3.05) is 34.5 Å². The molecule has 0 radical (unpaired) electrons. The molecule has 8 nitrogen and oxygen atoms in total. The molecule has 3 rings (SSSR count). The van der Waals surface area contributed by atoms with E-state index < -0.39 is 12.0 Å². The number of urea groups is 1. The molecule has 2 aromatic carbocycles. The summed E-state index contributed by atoms with van der Waals surface area (Å²) in [5.41, 5.74) is 2.43. The SMILES string of the molecule is CCOC(=O)C1=C(COc2ccccc2C(C)C)N(C)C(=O)NC1c1ccc(OC)c(OC)c1. The maximum atomic E-state index is 13.1. The molecule has 0 aliphatic carbocycles. The fraction of sp³-hybridized carbons (Fsp3) is 0.385. The average Bonchev–Trinajstić information content (AvgIpc) is 2.84. The number of rotatable bonds is 9. The number of nitrogens with one attached hydrogen (secondary N) is 1. The van der Waals surface area contributed by atoms with E-state index >= 15 is 0 Å². The van der Waals surface area contributed by atoms with Crippen LogP contribution in [0.25, 0.3) is 0 Å². The van der Waals surface area contributed by atoms with Gasteiger partial charge in [-0.3, -0.25) is 4.90 Å². The largest absolute Gasteiger partial charge is 0.493 e. The Labute approximate surface area is 200 Å². The minimum atomic E-state index is -0.749. The number of para-hydroxylation sites is 1. The molecule has 0 bridgehead atoms. The van der Waals surface area contributed by atoms with E-state index in [0.29, 0.717) is 34.1 Å². The Bertz CT molecular complexity index is 1080. The lowest BCUT2D eigenvalue weighted by molar-refractivity contribution is -0.139. The number of methoxy groups -OCH3 is 2. The van der Waals surface area contributed by atoms with Gasteiger partial charge in [-0.1, -0.05) is 38.1 Å². The van der Waals surface area contributed by atoms with Crippen LogP contribution in [0.2, 0.25) is 0 Å². The Morgan fingerprint density at radius 2 is 1.76 bits per heavy atom. The highest BCUT2D eigenvalue weighted by Gasteiger charge is 2.37. The summed E-state index contributed by atoms with van der Waals surface area (Å²) in [6.45, 7) is 6.12. The van der Waals surface area contributed by atoms with Gasteiger partial charge in [-0.2, -0.15) is 0 Å². The second kappa shape index (κ2) is 11.0. The van der Waals surface area contributed by atoms with Crippen molar-refractivity contribution in [3.63, 3.8) is 0 Å². The van der Waals surface area contributed by atoms with Crippen molar-refractivity contribution in [3.8, 4) is 17.2 Å². The third kappa shape index (κ3) is 5.11. The lowest BCUT2D eigenvalue weighted by Gasteiger charge is -2.34. The van der Waals surface area contributed by atoms with Crippen LogP contribution >= 0.6 is 0 Å². The number of amides is 2. The standard InChI is InChI=1S/C26H32N2O6/c1-7-33-25(29)23-19(15-34-20-11-9-8-10-18(20)16(2)3)28(4)26(30)27-24(23)17-12-13-21(31-5)22(14-17)32-6/h8-14,16,24H,7,15H2,1-6H3,(H,27,30). The van der Waals surface area contributed by atoms with Crippen molar-refractivity contribution < 1.29 is 28.5 Å². The van der Waals surface area contributed by atoms with Crippen LogP contribution < -0.4 is 19.5 Å². The summed E-state index contributed by atoms with van der Waals surface area (Å²) in [5, 5.41) is 2.89. The van der Waals surface area contributed by atoms with Crippen molar-refractivity contribution in [1.82, 2.24) is 10.2 Å². The van der Waals surface area contributed by atoms with Crippen LogP contribution in [0.15, 0.2) is 53.7 Å². The van der Waals surface area contributed by atoms with Crippen LogP contribution in [0.5, 0.6) is 17.2 Å². The van der Waals surface area contributed by atoms with E-state index in [1.54, 1.807) is 39.3 Å². The van der Waals surface area contributed by atoms with Gasteiger partial charge in [-0.15, -0.1) is 0 Å². The van der Waals surface area contributed by atoms with E-state index in [1.807, 2.05) is 24.3 Å². The Kier molecular flexibility index (Phi) is 8.04. The van der Waals surface area contributed by atoms with E-state index in [0.717, 1.165) is 5.56 Å². The molecule has 1 aliphatic heterocycles. The summed E-state index contributed by atoms with van der Waals surface area (Å²) in [5.74, 6) is 1.46. The number of nitrogens with zero attached hydrogens (tertiary/aromatic N) is 1. The molecule has 1 unspecified atom stereocenters. The molecule has 0 saturated carbocycles. The Balaban J connectivity index is 2.08. The van der Waals surface area contributed by atoms with Gasteiger partial charge < -0.3 is 24.3 Å². The third-order valence-electron chi connectivity index (χ3n) is 5.72. The van der Waals surface area contributed by atoms with Crippen molar-refractivity contribution in [3.05, 3.63) is 64.9 Å². The first-order valence-electron chi connectivity index (χ1n) is 11.2. The number of carbonyl (C=O) groups excluding carboxylic acids is 2. The molecule has 8 heteroatoms. The molecule has 0 saturated heterocycles. The van der Waals surface area contributed by atoms with Gasteiger partial charge in [0.2, 0.25) is 0 Å². The second-order valence-corrected chi connectivity index (χ2v) is 8.12. The summed E-state index contributed by atoms with van der Waals surface area (Å²) >= 11 is 0. The van der Waals surface area contributed by atoms with Gasteiger partial charge in [0.25, 0.3) is 0 Å². The summed E-state index contributed by atoms with van der Waals surface area (Å²) in [4.78, 5) is 27.4. The molecule has 182 valence electrons. The quantitative estimate of drug-likeness (QED) is 0.549. The maximum Gasteiger partial charge on any atom is 0.338 e. The van der Waals surface area contributed by atoms with Crippen molar-refractivity contribution >= 4 is 12.0 Å². The van der Waals surface area contributed by atoms with Crippen LogP contribution in [0.4, 0.5) is 4.79 Å². The van der Waals surface area contributed by atoms with Gasteiger partial charge in [0.05, 0.1) is 38.1 Å². The van der Waals surface area contributed by atoms with Crippen molar-refractivity contribution in [2.45, 2.75) is 32.7 Å². The highest BCUT2D eigenvalue weighted by Crippen LogP contribution is 2.36. The first-order valence-corrected chi connectivity index (χ1v) is 11.2. The minimum absolute atomic E-state index is 0.0194. The normalized spacial score (nSPS) is 15.8. The number of benzene rings is 2. The fourth-order valence-electron chi connectivity index (χ4n) is 3.90. The summed E-state index contributed by atoms with van der Waals surface area (Å²) in [6, 6.07) is 11.9. The predicted octanol–water partition coefficient (Wildman–Crippen LogP) is 4.42. The molecule has 0 spiro atoms. The molecule has 1 N–H and O–H groups in total. The van der Waals surface area contributed by atoms with E-state index in [9.17, 15) is 9.59 Å². The van der Waals surface area contributed by atoms with Gasteiger partial charge in [-0.05, 0) is 42.2 Å². The zero-order valence-corrected chi connectivity index (χ0v) is 20.5. The zero-order valence-electron chi connectivity index (χ0n) is 20.5. The van der Waals surface area contributed by atoms with Crippen molar-refractivity contribution in [2.24, 2.45) is 0 Å². The maximum absolute atomic E-state index is 13.1. The van der Waals surface area contributed by atoms with Crippen LogP contribution in [-0.4, -0.2) is 51.4 Å². The number of hydrogen-bond acceptors (Lipinski definition) is 6. The number of carbonyl (C=O) groups is 2. The van der Waals surface area contributed by atoms with Gasteiger partial charge in [-0.25, -0.2) is 9.59 Å². The highest BCUT2D eigenvalue weighted by molar-refractivity contribution is 5.95. The van der Waals surface area contributed by atoms with E-state index in [2.05, 4.69) is 19.2 Å². The Morgan fingerprint density at radius 1 is 1.06 bits per heavy atom. The van der Waals surface area contributed by atoms with Crippen LogP contribution in [-0.2, 0) is 9.53 Å². The first-order chi connectivity index (χ1) is 16.3. The number of likely N-dealkylation sites (N-methyl/N-ethyl adjacent to an activating group) is 1. The number of ether oxygens (including phenoxy) is 4. The Morgan fingerprint density at radius 3 is 2.41 bits per heavy atom. The van der Waals surface area contributed by atoms with Crippen molar-refractivity contribution in [1.29, 1.82) is 0 Å². The molecule has 34 heavy (non-hydrogen) atoms. The van der Waals surface area contributed by atoms with Gasteiger partial charge >= 0.3 is 12.0 Å². The topological polar surface area (TPSA) is 86.3 Å². The second-order valence-electron chi connectivity index (χ2n) is 8.12. The fourth-order valence-corrected chi connectivity index (χ4v) is 3.90. The molecule has 1 aliphatic rings. The molecule has 0 fully saturated rings. The molecule has 2 amide bonds. The van der Waals surface area contributed by atoms with Gasteiger partial charge in [0.1, 0.15) is 12.4 Å². The molecule has 2 aromatic rings. The molecule has 1 heterocycles. The van der Waals surface area contributed by atoms with Crippen LogP contribution in [0.1, 0.15) is 43.9 Å². The summed E-state index contributed by atoms with van der Waals surface area (Å²) in [6.07, 6.45) is 0. The number of esters is 1. The zero-order chi connectivity index (χ0) is 24.8. The smallest absolute Gasteiger partial charge is 0.338 e. The van der Waals surface area contributed by atoms with Gasteiger partial charge in [0, 0.05) is 7.05 Å². The van der Waals surface area contributed by atoms with Crippen LogP contribution in [0.3, 0.4) is 0 Å². The van der Waals surface area contributed by atoms with Crippen LogP contribution in [0, 0.1) is 0 Å². The third-order valence-corrected chi connectivity index (χ3v) is 5.72. The molecule has 0 aromatic heterocycles. The predicted molar refractivity (Wildman–Crippen MR) is 128 cm³/mol. The molecular weight excluding hydrogens is 436 g/mol. The summed E-state index contributed by atoms with van der Waals surface area (Å²) in [7, 11) is 4.68. The van der Waals surface area contributed by atoms with E-state index in [1.165, 1.54) is 12.0 Å². The Hall–Kier alpha value is -3.68. The molecule has 1 atom stereocenters. The lowest BCUT2D eigenvalue weighted by atomic mass is 9.94. The average molecular weight is 469 g/mol. The number of hydrogen-bond donors (Lipinski definition) is 1.